The normalized spacial score (nSPS) is 16.0. The fourth-order valence-electron chi connectivity index (χ4n) is 3.30. The molecule has 4 rings (SSSR count). The van der Waals surface area contributed by atoms with E-state index >= 15 is 0 Å². The van der Waals surface area contributed by atoms with Crippen molar-refractivity contribution in [1.29, 1.82) is 0 Å². The number of amides is 1. The zero-order chi connectivity index (χ0) is 18.1. The number of fused-ring (bicyclic) bond motifs is 2. The Hall–Kier alpha value is -3.02. The molecule has 0 saturated heterocycles. The van der Waals surface area contributed by atoms with E-state index in [1.165, 1.54) is 0 Å². The summed E-state index contributed by atoms with van der Waals surface area (Å²) >= 11 is 0. The molecule has 1 aliphatic heterocycles. The van der Waals surface area contributed by atoms with Gasteiger partial charge in [0, 0.05) is 12.3 Å². The summed E-state index contributed by atoms with van der Waals surface area (Å²) in [6, 6.07) is 9.72. The second-order valence-corrected chi connectivity index (χ2v) is 6.54. The first-order valence-electron chi connectivity index (χ1n) is 8.64. The molecule has 26 heavy (non-hydrogen) atoms. The van der Waals surface area contributed by atoms with E-state index in [9.17, 15) is 4.79 Å². The predicted molar refractivity (Wildman–Crippen MR) is 97.5 cm³/mol. The van der Waals surface area contributed by atoms with Crippen molar-refractivity contribution in [3.05, 3.63) is 59.5 Å². The van der Waals surface area contributed by atoms with E-state index in [-0.39, 0.29) is 11.8 Å². The lowest BCUT2D eigenvalue weighted by molar-refractivity contribution is -0.126. The van der Waals surface area contributed by atoms with E-state index < -0.39 is 0 Å². The van der Waals surface area contributed by atoms with E-state index in [2.05, 4.69) is 10.3 Å². The topological polar surface area (TPSA) is 64.9 Å². The number of pyridine rings is 1. The molecule has 134 valence electrons. The van der Waals surface area contributed by atoms with E-state index in [4.69, 9.17) is 9.47 Å². The van der Waals surface area contributed by atoms with Gasteiger partial charge in [-0.3, -0.25) is 4.79 Å². The molecule has 1 N–H and O–H groups in total. The molecule has 0 bridgehead atoms. The number of hydrogen-bond donors (Lipinski definition) is 1. The van der Waals surface area contributed by atoms with Crippen molar-refractivity contribution in [1.82, 2.24) is 14.7 Å². The lowest BCUT2D eigenvalue weighted by atomic mass is 9.96. The van der Waals surface area contributed by atoms with E-state index in [0.717, 1.165) is 34.0 Å². The maximum Gasteiger partial charge on any atom is 0.227 e. The number of ether oxygens (including phenoxy) is 2. The highest BCUT2D eigenvalue weighted by Gasteiger charge is 2.26. The number of aromatic nitrogens is 2. The average molecular weight is 351 g/mol. The van der Waals surface area contributed by atoms with Crippen molar-refractivity contribution >= 4 is 11.6 Å². The highest BCUT2D eigenvalue weighted by molar-refractivity contribution is 5.79. The van der Waals surface area contributed by atoms with Gasteiger partial charge in [0.2, 0.25) is 5.91 Å². The van der Waals surface area contributed by atoms with Crippen LogP contribution in [0.4, 0.5) is 0 Å². The van der Waals surface area contributed by atoms with Crippen molar-refractivity contribution in [2.24, 2.45) is 5.92 Å². The van der Waals surface area contributed by atoms with Gasteiger partial charge in [-0.05, 0) is 36.6 Å². The molecule has 3 heterocycles. The number of benzene rings is 1. The van der Waals surface area contributed by atoms with Crippen LogP contribution in [0.25, 0.3) is 5.65 Å². The number of nitrogens with one attached hydrogen (secondary N) is 1. The average Bonchev–Trinajstić information content (AvgIpc) is 3.09. The summed E-state index contributed by atoms with van der Waals surface area (Å²) in [7, 11) is 1.63. The maximum atomic E-state index is 12.6. The minimum Gasteiger partial charge on any atom is -0.497 e. The van der Waals surface area contributed by atoms with Crippen LogP contribution in [0.3, 0.4) is 0 Å². The van der Waals surface area contributed by atoms with Gasteiger partial charge in [0.1, 0.15) is 23.8 Å². The van der Waals surface area contributed by atoms with Gasteiger partial charge >= 0.3 is 0 Å². The summed E-state index contributed by atoms with van der Waals surface area (Å²) in [6.07, 6.45) is 4.43. The second kappa shape index (κ2) is 6.71. The van der Waals surface area contributed by atoms with Gasteiger partial charge in [-0.15, -0.1) is 0 Å². The first-order valence-corrected chi connectivity index (χ1v) is 8.64. The van der Waals surface area contributed by atoms with Crippen LogP contribution in [0.1, 0.15) is 16.8 Å². The molecule has 1 aromatic carbocycles. The van der Waals surface area contributed by atoms with Crippen LogP contribution < -0.4 is 14.8 Å². The molecule has 3 aromatic rings. The Morgan fingerprint density at radius 1 is 1.42 bits per heavy atom. The zero-order valence-corrected chi connectivity index (χ0v) is 14.9. The minimum atomic E-state index is -0.197. The first kappa shape index (κ1) is 16.4. The summed E-state index contributed by atoms with van der Waals surface area (Å²) in [4.78, 5) is 17.0. The Balaban J connectivity index is 1.43. The number of imidazole rings is 1. The fraction of sp³-hybridized carbons (Fsp3) is 0.300. The van der Waals surface area contributed by atoms with Gasteiger partial charge in [-0.2, -0.15) is 0 Å². The summed E-state index contributed by atoms with van der Waals surface area (Å²) in [5.41, 5.74) is 4.01. The Labute approximate surface area is 151 Å². The van der Waals surface area contributed by atoms with Gasteiger partial charge in [0.05, 0.1) is 31.5 Å². The SMILES string of the molecule is COc1ccc2c(c1)OC[C@H](C(=O)NCc1cnc3c(C)cccn13)C2. The van der Waals surface area contributed by atoms with Gasteiger partial charge in [-0.1, -0.05) is 12.1 Å². The van der Waals surface area contributed by atoms with Crippen molar-refractivity contribution in [3.8, 4) is 11.5 Å². The van der Waals surface area contributed by atoms with Crippen LogP contribution >= 0.6 is 0 Å². The Kier molecular flexibility index (Phi) is 4.24. The number of aryl methyl sites for hydroxylation is 1. The minimum absolute atomic E-state index is 0.00549. The van der Waals surface area contributed by atoms with Gasteiger partial charge < -0.3 is 19.2 Å². The number of hydrogen-bond acceptors (Lipinski definition) is 4. The summed E-state index contributed by atoms with van der Waals surface area (Å²) in [5.74, 6) is 1.35. The number of carbonyl (C=O) groups is 1. The molecule has 0 spiro atoms. The Bertz CT molecular complexity index is 964. The molecule has 0 saturated carbocycles. The highest BCUT2D eigenvalue weighted by Crippen LogP contribution is 2.31. The second-order valence-electron chi connectivity index (χ2n) is 6.54. The summed E-state index contributed by atoms with van der Waals surface area (Å²) in [5, 5.41) is 3.02. The third-order valence-corrected chi connectivity index (χ3v) is 4.80. The molecule has 6 nitrogen and oxygen atoms in total. The fourth-order valence-corrected chi connectivity index (χ4v) is 3.30. The first-order chi connectivity index (χ1) is 12.7. The number of methoxy groups -OCH3 is 1. The highest BCUT2D eigenvalue weighted by atomic mass is 16.5. The molecule has 1 aliphatic rings. The van der Waals surface area contributed by atoms with Crippen LogP contribution in [-0.2, 0) is 17.8 Å². The predicted octanol–water partition coefficient (Wildman–Crippen LogP) is 2.52. The third-order valence-electron chi connectivity index (χ3n) is 4.80. The lowest BCUT2D eigenvalue weighted by Gasteiger charge is -2.25. The largest absolute Gasteiger partial charge is 0.497 e. The maximum absolute atomic E-state index is 12.6. The van der Waals surface area contributed by atoms with Crippen molar-refractivity contribution < 1.29 is 14.3 Å². The quantitative estimate of drug-likeness (QED) is 0.784. The van der Waals surface area contributed by atoms with E-state index in [1.807, 2.05) is 54.0 Å². The van der Waals surface area contributed by atoms with E-state index in [0.29, 0.717) is 19.6 Å². The molecule has 0 radical (unpaired) electrons. The molecular formula is C20H21N3O3. The van der Waals surface area contributed by atoms with Crippen molar-refractivity contribution in [2.75, 3.05) is 13.7 Å². The number of rotatable bonds is 4. The van der Waals surface area contributed by atoms with E-state index in [1.54, 1.807) is 7.11 Å². The smallest absolute Gasteiger partial charge is 0.227 e. The van der Waals surface area contributed by atoms with Crippen LogP contribution in [0.15, 0.2) is 42.7 Å². The van der Waals surface area contributed by atoms with Gasteiger partial charge in [0.25, 0.3) is 0 Å². The lowest BCUT2D eigenvalue weighted by Crippen LogP contribution is -2.37. The molecule has 2 aromatic heterocycles. The standard InChI is InChI=1S/C20H21N3O3/c1-13-4-3-7-23-16(10-21-19(13)23)11-22-20(24)15-8-14-5-6-17(25-2)9-18(14)26-12-15/h3-7,9-10,15H,8,11-12H2,1-2H3,(H,22,24)/t15-/m1/s1. The molecule has 0 fully saturated rings. The third kappa shape index (κ3) is 2.98. The van der Waals surface area contributed by atoms with Crippen LogP contribution in [-0.4, -0.2) is 29.0 Å². The van der Waals surface area contributed by atoms with Crippen molar-refractivity contribution in [2.45, 2.75) is 19.9 Å². The van der Waals surface area contributed by atoms with Gasteiger partial charge in [-0.25, -0.2) is 4.98 Å². The van der Waals surface area contributed by atoms with Gasteiger partial charge in [0.15, 0.2) is 0 Å². The Morgan fingerprint density at radius 3 is 3.15 bits per heavy atom. The zero-order valence-electron chi connectivity index (χ0n) is 14.9. The molecule has 1 atom stereocenters. The molecular weight excluding hydrogens is 330 g/mol. The van der Waals surface area contributed by atoms with Crippen LogP contribution in [0.5, 0.6) is 11.5 Å². The number of nitrogens with zero attached hydrogens (tertiary/aromatic N) is 2. The number of carbonyl (C=O) groups excluding carboxylic acids is 1. The monoisotopic (exact) mass is 351 g/mol. The molecule has 0 unspecified atom stereocenters. The molecule has 0 aliphatic carbocycles. The Morgan fingerprint density at radius 2 is 2.31 bits per heavy atom. The van der Waals surface area contributed by atoms with Crippen molar-refractivity contribution in [3.63, 3.8) is 0 Å². The summed E-state index contributed by atoms with van der Waals surface area (Å²) in [6.45, 7) is 2.84. The van der Waals surface area contributed by atoms with Crippen LogP contribution in [0.2, 0.25) is 0 Å². The summed E-state index contributed by atoms with van der Waals surface area (Å²) < 4.78 is 13.0. The molecule has 6 heteroatoms. The van der Waals surface area contributed by atoms with Crippen LogP contribution in [0, 0.1) is 12.8 Å². The molecule has 1 amide bonds.